The van der Waals surface area contributed by atoms with E-state index in [-0.39, 0.29) is 24.7 Å². The Morgan fingerprint density at radius 1 is 1.32 bits per heavy atom. The molecule has 2 aliphatic heterocycles. The summed E-state index contributed by atoms with van der Waals surface area (Å²) >= 11 is 0. The summed E-state index contributed by atoms with van der Waals surface area (Å²) in [6, 6.07) is 3.49. The average molecular weight is 265 g/mol. The normalized spacial score (nSPS) is 32.4. The van der Waals surface area contributed by atoms with E-state index in [0.717, 1.165) is 12.8 Å². The largest absolute Gasteiger partial charge is 0.481 e. The van der Waals surface area contributed by atoms with E-state index < -0.39 is 17.8 Å². The Morgan fingerprint density at radius 2 is 2.05 bits per heavy atom. The number of amides is 1. The Morgan fingerprint density at radius 3 is 2.68 bits per heavy atom. The lowest BCUT2D eigenvalue weighted by Gasteiger charge is -2.23. The van der Waals surface area contributed by atoms with Crippen LogP contribution in [0.1, 0.15) is 18.6 Å². The number of hydrogen-bond donors (Lipinski definition) is 2. The smallest absolute Gasteiger partial charge is 0.310 e. The fraction of sp³-hybridized carbons (Fsp3) is 0.538. The zero-order valence-electron chi connectivity index (χ0n) is 10.2. The number of aliphatic carboxylic acids is 1. The van der Waals surface area contributed by atoms with Gasteiger partial charge in [0.25, 0.3) is 0 Å². The van der Waals surface area contributed by atoms with Crippen molar-refractivity contribution in [3.05, 3.63) is 24.2 Å². The molecule has 102 valence electrons. The molecule has 0 aliphatic carbocycles. The van der Waals surface area contributed by atoms with Crippen molar-refractivity contribution in [2.24, 2.45) is 11.8 Å². The highest BCUT2D eigenvalue weighted by molar-refractivity contribution is 5.86. The Balaban J connectivity index is 1.66. The molecule has 2 fully saturated rings. The molecule has 2 N–H and O–H groups in total. The van der Waals surface area contributed by atoms with Crippen LogP contribution in [0.3, 0.4) is 0 Å². The van der Waals surface area contributed by atoms with Crippen LogP contribution in [0.5, 0.6) is 0 Å². The third-order valence-electron chi connectivity index (χ3n) is 3.88. The molecule has 4 atom stereocenters. The number of hydrogen-bond acceptors (Lipinski definition) is 4. The zero-order valence-corrected chi connectivity index (χ0v) is 10.2. The van der Waals surface area contributed by atoms with E-state index in [1.807, 2.05) is 0 Å². The molecular weight excluding hydrogens is 250 g/mol. The molecule has 1 aromatic rings. The maximum absolute atomic E-state index is 12.1. The van der Waals surface area contributed by atoms with Gasteiger partial charge in [-0.05, 0) is 25.0 Å². The zero-order chi connectivity index (χ0) is 13.4. The number of fused-ring (bicyclic) bond motifs is 2. The van der Waals surface area contributed by atoms with Gasteiger partial charge in [0.1, 0.15) is 5.76 Å². The van der Waals surface area contributed by atoms with Crippen molar-refractivity contribution >= 4 is 11.9 Å². The topological polar surface area (TPSA) is 88.8 Å². The second-order valence-corrected chi connectivity index (χ2v) is 4.98. The van der Waals surface area contributed by atoms with Gasteiger partial charge in [-0.25, -0.2) is 0 Å². The molecule has 2 bridgehead atoms. The summed E-state index contributed by atoms with van der Waals surface area (Å²) in [6.45, 7) is 0.270. The number of carboxylic acid groups (broad SMARTS) is 1. The molecule has 19 heavy (non-hydrogen) atoms. The summed E-state index contributed by atoms with van der Waals surface area (Å²) in [7, 11) is 0. The third kappa shape index (κ3) is 2.12. The van der Waals surface area contributed by atoms with Gasteiger partial charge in [0.2, 0.25) is 5.91 Å². The second-order valence-electron chi connectivity index (χ2n) is 4.98. The van der Waals surface area contributed by atoms with Crippen LogP contribution in [0.4, 0.5) is 0 Å². The first-order chi connectivity index (χ1) is 9.16. The van der Waals surface area contributed by atoms with Crippen molar-refractivity contribution in [1.82, 2.24) is 5.32 Å². The van der Waals surface area contributed by atoms with Crippen molar-refractivity contribution in [2.75, 3.05) is 0 Å². The van der Waals surface area contributed by atoms with E-state index in [1.165, 1.54) is 6.26 Å². The highest BCUT2D eigenvalue weighted by Crippen LogP contribution is 2.43. The molecule has 0 aromatic carbocycles. The summed E-state index contributed by atoms with van der Waals surface area (Å²) in [6.07, 6.45) is 2.43. The van der Waals surface area contributed by atoms with Crippen LogP contribution in [-0.2, 0) is 20.9 Å². The first-order valence-corrected chi connectivity index (χ1v) is 6.35. The number of rotatable bonds is 4. The van der Waals surface area contributed by atoms with Crippen molar-refractivity contribution in [1.29, 1.82) is 0 Å². The van der Waals surface area contributed by atoms with E-state index in [4.69, 9.17) is 9.15 Å². The van der Waals surface area contributed by atoms with Gasteiger partial charge in [-0.3, -0.25) is 9.59 Å². The van der Waals surface area contributed by atoms with E-state index in [9.17, 15) is 14.7 Å². The van der Waals surface area contributed by atoms with Crippen LogP contribution in [0.15, 0.2) is 22.8 Å². The van der Waals surface area contributed by atoms with Crippen LogP contribution in [0.25, 0.3) is 0 Å². The van der Waals surface area contributed by atoms with Gasteiger partial charge in [0, 0.05) is 0 Å². The Kier molecular flexibility index (Phi) is 3.02. The molecule has 6 nitrogen and oxygen atoms in total. The molecule has 6 heteroatoms. The van der Waals surface area contributed by atoms with Crippen LogP contribution in [0, 0.1) is 11.8 Å². The fourth-order valence-corrected chi connectivity index (χ4v) is 3.03. The summed E-state index contributed by atoms with van der Waals surface area (Å²) in [5.41, 5.74) is 0. The SMILES string of the molecule is O=C(O)[C@@H]1[C@H](C(=O)NCc2ccco2)[C@H]2CC[C@H]1O2. The monoisotopic (exact) mass is 265 g/mol. The predicted molar refractivity (Wildman–Crippen MR) is 63.1 cm³/mol. The van der Waals surface area contributed by atoms with E-state index in [1.54, 1.807) is 12.1 Å². The molecular formula is C13H15NO5. The summed E-state index contributed by atoms with van der Waals surface area (Å²) in [5.74, 6) is -1.90. The lowest BCUT2D eigenvalue weighted by atomic mass is 9.79. The van der Waals surface area contributed by atoms with Gasteiger partial charge in [-0.15, -0.1) is 0 Å². The summed E-state index contributed by atoms with van der Waals surface area (Å²) in [4.78, 5) is 23.4. The minimum Gasteiger partial charge on any atom is -0.481 e. The first-order valence-electron chi connectivity index (χ1n) is 6.35. The minimum absolute atomic E-state index is 0.261. The number of carboxylic acids is 1. The van der Waals surface area contributed by atoms with Crippen LogP contribution < -0.4 is 5.32 Å². The van der Waals surface area contributed by atoms with Crippen molar-refractivity contribution in [2.45, 2.75) is 31.6 Å². The molecule has 0 unspecified atom stereocenters. The predicted octanol–water partition coefficient (Wildman–Crippen LogP) is 0.774. The third-order valence-corrected chi connectivity index (χ3v) is 3.88. The number of carbonyl (C=O) groups is 2. The Labute approximate surface area is 109 Å². The molecule has 3 heterocycles. The van der Waals surface area contributed by atoms with Crippen molar-refractivity contribution < 1.29 is 23.8 Å². The molecule has 2 saturated heterocycles. The molecule has 1 amide bonds. The van der Waals surface area contributed by atoms with E-state index in [2.05, 4.69) is 5.32 Å². The van der Waals surface area contributed by atoms with E-state index in [0.29, 0.717) is 5.76 Å². The van der Waals surface area contributed by atoms with Gasteiger partial charge in [0.05, 0.1) is 36.9 Å². The van der Waals surface area contributed by atoms with Gasteiger partial charge >= 0.3 is 5.97 Å². The van der Waals surface area contributed by atoms with E-state index >= 15 is 0 Å². The quantitative estimate of drug-likeness (QED) is 0.839. The number of furan rings is 1. The highest BCUT2D eigenvalue weighted by Gasteiger charge is 2.55. The van der Waals surface area contributed by atoms with Gasteiger partial charge < -0.3 is 19.6 Å². The first kappa shape index (κ1) is 12.2. The van der Waals surface area contributed by atoms with Crippen LogP contribution in [-0.4, -0.2) is 29.2 Å². The van der Waals surface area contributed by atoms with Gasteiger partial charge in [0.15, 0.2) is 0 Å². The summed E-state index contributed by atoms with van der Waals surface area (Å²) in [5, 5.41) is 11.9. The fourth-order valence-electron chi connectivity index (χ4n) is 3.03. The lowest BCUT2D eigenvalue weighted by molar-refractivity contribution is -0.147. The van der Waals surface area contributed by atoms with Crippen molar-refractivity contribution in [3.63, 3.8) is 0 Å². The highest BCUT2D eigenvalue weighted by atomic mass is 16.5. The molecule has 3 rings (SSSR count). The minimum atomic E-state index is -0.953. The van der Waals surface area contributed by atoms with Gasteiger partial charge in [-0.2, -0.15) is 0 Å². The molecule has 0 saturated carbocycles. The second kappa shape index (κ2) is 4.70. The molecule has 2 aliphatic rings. The molecule has 0 radical (unpaired) electrons. The summed E-state index contributed by atoms with van der Waals surface area (Å²) < 4.78 is 10.7. The van der Waals surface area contributed by atoms with Crippen LogP contribution >= 0.6 is 0 Å². The lowest BCUT2D eigenvalue weighted by Crippen LogP contribution is -2.43. The number of carbonyl (C=O) groups excluding carboxylic acids is 1. The van der Waals surface area contributed by atoms with Gasteiger partial charge in [-0.1, -0.05) is 0 Å². The van der Waals surface area contributed by atoms with Crippen molar-refractivity contribution in [3.8, 4) is 0 Å². The Bertz CT molecular complexity index is 483. The number of nitrogens with one attached hydrogen (secondary N) is 1. The number of ether oxygens (including phenoxy) is 1. The maximum atomic E-state index is 12.1. The standard InChI is InChI=1S/C13H15NO5/c15-12(14-6-7-2-1-5-18-7)10-8-3-4-9(19-8)11(10)13(16)17/h1-2,5,8-11H,3-4,6H2,(H,14,15)(H,16,17)/t8-,9-,10-,11+/m1/s1. The molecule has 0 spiro atoms. The maximum Gasteiger partial charge on any atom is 0.310 e. The molecule has 1 aromatic heterocycles. The van der Waals surface area contributed by atoms with Crippen LogP contribution in [0.2, 0.25) is 0 Å². The average Bonchev–Trinajstić information content (AvgIpc) is 3.10. The Hall–Kier alpha value is -1.82.